The predicted molar refractivity (Wildman–Crippen MR) is 102 cm³/mol. The Hall–Kier alpha value is -3.34. The molecule has 3 aromatic carbocycles. The van der Waals surface area contributed by atoms with Crippen LogP contribution in [0.15, 0.2) is 66.7 Å². The minimum atomic E-state index is -0.176. The molecule has 0 bridgehead atoms. The first-order valence-corrected chi connectivity index (χ1v) is 8.50. The highest BCUT2D eigenvalue weighted by molar-refractivity contribution is 5.88. The second kappa shape index (κ2) is 6.88. The number of hydrogen-bond donors (Lipinski definition) is 1. The first kappa shape index (κ1) is 16.1. The molecule has 130 valence electrons. The van der Waals surface area contributed by atoms with Crippen molar-refractivity contribution in [1.82, 2.24) is 14.9 Å². The molecule has 0 aliphatic carbocycles. The van der Waals surface area contributed by atoms with Gasteiger partial charge in [-0.25, -0.2) is 4.98 Å². The molecule has 5 nitrogen and oxygen atoms in total. The van der Waals surface area contributed by atoms with Crippen LogP contribution in [0.3, 0.4) is 0 Å². The molecule has 1 heterocycles. The lowest BCUT2D eigenvalue weighted by molar-refractivity contribution is -0.123. The van der Waals surface area contributed by atoms with E-state index in [4.69, 9.17) is 4.74 Å². The molecule has 0 saturated heterocycles. The van der Waals surface area contributed by atoms with Crippen molar-refractivity contribution in [2.24, 2.45) is 7.05 Å². The van der Waals surface area contributed by atoms with Crippen molar-refractivity contribution in [1.29, 1.82) is 0 Å². The molecule has 0 saturated carbocycles. The Morgan fingerprint density at radius 2 is 1.81 bits per heavy atom. The fourth-order valence-corrected chi connectivity index (χ4v) is 3.05. The third-order valence-electron chi connectivity index (χ3n) is 4.43. The molecule has 1 N–H and O–H groups in total. The zero-order valence-electron chi connectivity index (χ0n) is 14.5. The summed E-state index contributed by atoms with van der Waals surface area (Å²) in [6.07, 6.45) is 0. The molecule has 4 rings (SSSR count). The lowest BCUT2D eigenvalue weighted by Gasteiger charge is -2.10. The van der Waals surface area contributed by atoms with Gasteiger partial charge in [-0.2, -0.15) is 0 Å². The Kier molecular flexibility index (Phi) is 4.27. The Labute approximate surface area is 151 Å². The minimum absolute atomic E-state index is 0.0298. The van der Waals surface area contributed by atoms with Gasteiger partial charge in [0.15, 0.2) is 6.61 Å². The molecule has 0 atom stereocenters. The Bertz CT molecular complexity index is 1080. The molecule has 1 aromatic heterocycles. The molecule has 0 spiro atoms. The highest BCUT2D eigenvalue weighted by atomic mass is 16.5. The second-order valence-electron chi connectivity index (χ2n) is 6.12. The van der Waals surface area contributed by atoms with Gasteiger partial charge in [0.1, 0.15) is 11.6 Å². The van der Waals surface area contributed by atoms with Crippen molar-refractivity contribution < 1.29 is 9.53 Å². The predicted octanol–water partition coefficient (Wildman–Crippen LogP) is 3.42. The second-order valence-corrected chi connectivity index (χ2v) is 6.12. The van der Waals surface area contributed by atoms with Crippen LogP contribution in [0.4, 0.5) is 0 Å². The molecule has 4 aromatic rings. The van der Waals surface area contributed by atoms with E-state index in [-0.39, 0.29) is 12.5 Å². The number of para-hydroxylation sites is 2. The largest absolute Gasteiger partial charge is 0.483 e. The highest BCUT2D eigenvalue weighted by Gasteiger charge is 2.10. The summed E-state index contributed by atoms with van der Waals surface area (Å²) in [6.45, 7) is 0.334. The van der Waals surface area contributed by atoms with Gasteiger partial charge in [-0.15, -0.1) is 0 Å². The first-order chi connectivity index (χ1) is 12.7. The average Bonchev–Trinajstić information content (AvgIpc) is 3.01. The maximum atomic E-state index is 12.2. The molecule has 0 fully saturated rings. The monoisotopic (exact) mass is 345 g/mol. The van der Waals surface area contributed by atoms with Crippen LogP contribution < -0.4 is 10.1 Å². The van der Waals surface area contributed by atoms with Gasteiger partial charge in [0.25, 0.3) is 5.91 Å². The van der Waals surface area contributed by atoms with Crippen LogP contribution in [-0.4, -0.2) is 22.1 Å². The molecule has 26 heavy (non-hydrogen) atoms. The molecule has 0 radical (unpaired) electrons. The van der Waals surface area contributed by atoms with Gasteiger partial charge < -0.3 is 14.6 Å². The first-order valence-electron chi connectivity index (χ1n) is 8.50. The number of rotatable bonds is 5. The standard InChI is InChI=1S/C21H19N3O2/c1-24-18-11-5-4-10-17(18)23-20(24)13-22-21(25)14-26-19-12-6-8-15-7-2-3-9-16(15)19/h2-12H,13-14H2,1H3,(H,22,25). The van der Waals surface area contributed by atoms with Gasteiger partial charge in [-0.05, 0) is 23.6 Å². The molecule has 1 amide bonds. The number of benzene rings is 3. The normalized spacial score (nSPS) is 11.0. The number of hydrogen-bond acceptors (Lipinski definition) is 3. The van der Waals surface area contributed by atoms with Crippen molar-refractivity contribution in [3.63, 3.8) is 0 Å². The summed E-state index contributed by atoms with van der Waals surface area (Å²) >= 11 is 0. The van der Waals surface area contributed by atoms with Gasteiger partial charge in [-0.3, -0.25) is 4.79 Å². The van der Waals surface area contributed by atoms with Crippen LogP contribution in [0.5, 0.6) is 5.75 Å². The van der Waals surface area contributed by atoms with E-state index in [1.54, 1.807) is 0 Å². The fraction of sp³-hybridized carbons (Fsp3) is 0.143. The van der Waals surface area contributed by atoms with Gasteiger partial charge in [0.05, 0.1) is 17.6 Å². The number of ether oxygens (including phenoxy) is 1. The summed E-state index contributed by atoms with van der Waals surface area (Å²) in [6, 6.07) is 21.7. The number of carbonyl (C=O) groups excluding carboxylic acids is 1. The SMILES string of the molecule is Cn1c(CNC(=O)COc2cccc3ccccc23)nc2ccccc21. The fourth-order valence-electron chi connectivity index (χ4n) is 3.05. The lowest BCUT2D eigenvalue weighted by atomic mass is 10.1. The van der Waals surface area contributed by atoms with E-state index >= 15 is 0 Å². The summed E-state index contributed by atoms with van der Waals surface area (Å²) < 4.78 is 7.71. The molecular formula is C21H19N3O2. The molecule has 5 heteroatoms. The van der Waals surface area contributed by atoms with Crippen molar-refractivity contribution >= 4 is 27.7 Å². The van der Waals surface area contributed by atoms with Gasteiger partial charge in [-0.1, -0.05) is 48.5 Å². The number of nitrogens with one attached hydrogen (secondary N) is 1. The summed E-state index contributed by atoms with van der Waals surface area (Å²) in [5, 5.41) is 4.96. The number of aryl methyl sites for hydroxylation is 1. The smallest absolute Gasteiger partial charge is 0.258 e. The Morgan fingerprint density at radius 3 is 2.69 bits per heavy atom. The molecule has 0 aliphatic heterocycles. The summed E-state index contributed by atoms with van der Waals surface area (Å²) in [5.74, 6) is 1.34. The van der Waals surface area contributed by atoms with Crippen molar-refractivity contribution in [2.45, 2.75) is 6.54 Å². The van der Waals surface area contributed by atoms with Crippen LogP contribution in [0.2, 0.25) is 0 Å². The topological polar surface area (TPSA) is 56.2 Å². The number of nitrogens with zero attached hydrogens (tertiary/aromatic N) is 2. The number of aromatic nitrogens is 2. The van der Waals surface area contributed by atoms with E-state index in [0.717, 1.165) is 27.6 Å². The zero-order valence-corrected chi connectivity index (χ0v) is 14.5. The average molecular weight is 345 g/mol. The van der Waals surface area contributed by atoms with Crippen LogP contribution >= 0.6 is 0 Å². The summed E-state index contributed by atoms with van der Waals surface area (Å²) in [5.41, 5.74) is 1.97. The highest BCUT2D eigenvalue weighted by Crippen LogP contribution is 2.24. The Balaban J connectivity index is 1.40. The Morgan fingerprint density at radius 1 is 1.04 bits per heavy atom. The quantitative estimate of drug-likeness (QED) is 0.603. The lowest BCUT2D eigenvalue weighted by Crippen LogP contribution is -2.29. The number of carbonyl (C=O) groups is 1. The molecule has 0 aliphatic rings. The molecule has 0 unspecified atom stereocenters. The zero-order chi connectivity index (χ0) is 17.9. The van der Waals surface area contributed by atoms with Crippen LogP contribution in [0.25, 0.3) is 21.8 Å². The van der Waals surface area contributed by atoms with Gasteiger partial charge in [0, 0.05) is 12.4 Å². The van der Waals surface area contributed by atoms with Crippen LogP contribution in [0, 0.1) is 0 Å². The van der Waals surface area contributed by atoms with Crippen LogP contribution in [0.1, 0.15) is 5.82 Å². The van der Waals surface area contributed by atoms with Crippen molar-refractivity contribution in [3.05, 3.63) is 72.6 Å². The maximum absolute atomic E-state index is 12.2. The maximum Gasteiger partial charge on any atom is 0.258 e. The number of imidazole rings is 1. The van der Waals surface area contributed by atoms with E-state index in [0.29, 0.717) is 12.3 Å². The van der Waals surface area contributed by atoms with Gasteiger partial charge >= 0.3 is 0 Å². The minimum Gasteiger partial charge on any atom is -0.483 e. The third kappa shape index (κ3) is 3.11. The summed E-state index contributed by atoms with van der Waals surface area (Å²) in [7, 11) is 1.95. The van der Waals surface area contributed by atoms with Crippen molar-refractivity contribution in [2.75, 3.05) is 6.61 Å². The van der Waals surface area contributed by atoms with E-state index in [1.807, 2.05) is 78.3 Å². The van der Waals surface area contributed by atoms with Crippen molar-refractivity contribution in [3.8, 4) is 5.75 Å². The number of amides is 1. The van der Waals surface area contributed by atoms with E-state index in [2.05, 4.69) is 10.3 Å². The third-order valence-corrected chi connectivity index (χ3v) is 4.43. The van der Waals surface area contributed by atoms with E-state index in [9.17, 15) is 4.79 Å². The van der Waals surface area contributed by atoms with Gasteiger partial charge in [0.2, 0.25) is 0 Å². The summed E-state index contributed by atoms with van der Waals surface area (Å²) in [4.78, 5) is 16.7. The van der Waals surface area contributed by atoms with E-state index < -0.39 is 0 Å². The number of fused-ring (bicyclic) bond motifs is 2. The van der Waals surface area contributed by atoms with Crippen LogP contribution in [-0.2, 0) is 18.4 Å². The molecular weight excluding hydrogens is 326 g/mol. The van der Waals surface area contributed by atoms with E-state index in [1.165, 1.54) is 0 Å².